The zero-order chi connectivity index (χ0) is 28.4. The lowest BCUT2D eigenvalue weighted by atomic mass is 9.90. The molecule has 40 heavy (non-hydrogen) atoms. The smallest absolute Gasteiger partial charge is 0.307 e. The average Bonchev–Trinajstić information content (AvgIpc) is 2.93. The molecule has 5 rings (SSSR count). The molecule has 0 aromatic heterocycles. The van der Waals surface area contributed by atoms with Crippen LogP contribution in [0.1, 0.15) is 24.9 Å². The number of para-hydroxylation sites is 2. The Morgan fingerprint density at radius 2 is 1.32 bits per heavy atom. The van der Waals surface area contributed by atoms with Gasteiger partial charge >= 0.3 is 12.1 Å². The van der Waals surface area contributed by atoms with Crippen LogP contribution < -0.4 is 20.4 Å². The summed E-state index contributed by atoms with van der Waals surface area (Å²) in [6.07, 6.45) is 0.482. The number of carbonyl (C=O) groups excluding carboxylic acids is 2. The lowest BCUT2D eigenvalue weighted by Gasteiger charge is -2.43. The van der Waals surface area contributed by atoms with Crippen LogP contribution in [-0.4, -0.2) is 18.1 Å². The molecule has 2 atom stereocenters. The van der Waals surface area contributed by atoms with Gasteiger partial charge in [0.1, 0.15) is 0 Å². The summed E-state index contributed by atoms with van der Waals surface area (Å²) >= 11 is 24.5. The first-order valence-corrected chi connectivity index (χ1v) is 14.0. The molecule has 2 N–H and O–H groups in total. The molecule has 10 heteroatoms. The molecule has 0 aliphatic carbocycles. The van der Waals surface area contributed by atoms with E-state index in [0.717, 1.165) is 5.56 Å². The molecule has 0 saturated carbocycles. The number of amides is 4. The molecule has 0 radical (unpaired) electrons. The number of hydrogen-bond donors (Lipinski definition) is 2. The first kappa shape index (κ1) is 28.1. The number of urea groups is 2. The fourth-order valence-electron chi connectivity index (χ4n) is 4.88. The van der Waals surface area contributed by atoms with E-state index in [0.29, 0.717) is 49.3 Å². The molecule has 4 aromatic rings. The molecule has 1 aliphatic rings. The van der Waals surface area contributed by atoms with Crippen molar-refractivity contribution in [1.82, 2.24) is 0 Å². The highest BCUT2D eigenvalue weighted by Gasteiger charge is 2.38. The first-order chi connectivity index (χ1) is 19.2. The summed E-state index contributed by atoms with van der Waals surface area (Å²) in [5.74, 6) is 0. The van der Waals surface area contributed by atoms with Gasteiger partial charge in [-0.3, -0.25) is 9.80 Å². The number of nitrogens with zero attached hydrogens (tertiary/aromatic N) is 2. The van der Waals surface area contributed by atoms with Crippen molar-refractivity contribution >= 4 is 81.2 Å². The van der Waals surface area contributed by atoms with Crippen molar-refractivity contribution in [2.45, 2.75) is 25.4 Å². The molecule has 0 saturated heterocycles. The number of fused-ring (bicyclic) bond motifs is 1. The fourth-order valence-corrected chi connectivity index (χ4v) is 5.47. The third-order valence-electron chi connectivity index (χ3n) is 6.69. The number of hydrogen-bond acceptors (Lipinski definition) is 2. The Balaban J connectivity index is 1.50. The van der Waals surface area contributed by atoms with Gasteiger partial charge < -0.3 is 10.6 Å². The van der Waals surface area contributed by atoms with Gasteiger partial charge in [-0.05, 0) is 73.5 Å². The van der Waals surface area contributed by atoms with Gasteiger partial charge in [-0.15, -0.1) is 0 Å². The third-order valence-corrected chi connectivity index (χ3v) is 8.16. The molecule has 4 amide bonds. The van der Waals surface area contributed by atoms with E-state index in [1.807, 2.05) is 61.5 Å². The van der Waals surface area contributed by atoms with Crippen LogP contribution in [-0.2, 0) is 0 Å². The molecular formula is C30H24Cl4N4O2. The summed E-state index contributed by atoms with van der Waals surface area (Å²) < 4.78 is 0. The lowest BCUT2D eigenvalue weighted by molar-refractivity contribution is 0.251. The zero-order valence-electron chi connectivity index (χ0n) is 21.2. The number of carbonyl (C=O) groups is 2. The second-order valence-corrected chi connectivity index (χ2v) is 11.0. The van der Waals surface area contributed by atoms with E-state index < -0.39 is 0 Å². The van der Waals surface area contributed by atoms with Gasteiger partial charge in [-0.25, -0.2) is 9.59 Å². The summed E-state index contributed by atoms with van der Waals surface area (Å²) in [4.78, 5) is 30.8. The van der Waals surface area contributed by atoms with E-state index in [1.54, 1.807) is 46.2 Å². The molecule has 1 aliphatic heterocycles. The predicted molar refractivity (Wildman–Crippen MR) is 166 cm³/mol. The number of anilines is 4. The van der Waals surface area contributed by atoms with Crippen LogP contribution >= 0.6 is 46.4 Å². The summed E-state index contributed by atoms with van der Waals surface area (Å²) in [7, 11) is 0. The monoisotopic (exact) mass is 612 g/mol. The second kappa shape index (κ2) is 12.0. The molecule has 6 nitrogen and oxygen atoms in total. The highest BCUT2D eigenvalue weighted by atomic mass is 35.5. The summed E-state index contributed by atoms with van der Waals surface area (Å²) in [6.45, 7) is 1.96. The van der Waals surface area contributed by atoms with Gasteiger partial charge in [-0.1, -0.05) is 82.8 Å². The Hall–Kier alpha value is -3.42. The zero-order valence-corrected chi connectivity index (χ0v) is 24.3. The minimum atomic E-state index is -0.370. The van der Waals surface area contributed by atoms with Crippen LogP contribution in [0.15, 0.2) is 91.0 Å². The molecular weight excluding hydrogens is 590 g/mol. The summed E-state index contributed by atoms with van der Waals surface area (Å²) in [5.41, 5.74) is 3.28. The van der Waals surface area contributed by atoms with Crippen molar-refractivity contribution in [2.24, 2.45) is 0 Å². The van der Waals surface area contributed by atoms with Crippen LogP contribution in [0.4, 0.5) is 32.3 Å². The summed E-state index contributed by atoms with van der Waals surface area (Å²) in [6, 6.07) is 25.6. The van der Waals surface area contributed by atoms with Crippen molar-refractivity contribution in [1.29, 1.82) is 0 Å². The Morgan fingerprint density at radius 3 is 1.95 bits per heavy atom. The van der Waals surface area contributed by atoms with E-state index in [2.05, 4.69) is 10.6 Å². The topological polar surface area (TPSA) is 64.7 Å². The average molecular weight is 614 g/mol. The molecule has 204 valence electrons. The number of benzene rings is 4. The van der Waals surface area contributed by atoms with Gasteiger partial charge in [-0.2, -0.15) is 0 Å². The molecule has 0 bridgehead atoms. The highest BCUT2D eigenvalue weighted by molar-refractivity contribution is 6.42. The first-order valence-electron chi connectivity index (χ1n) is 12.5. The lowest BCUT2D eigenvalue weighted by Crippen LogP contribution is -2.49. The Kier molecular flexibility index (Phi) is 8.43. The highest BCUT2D eigenvalue weighted by Crippen LogP contribution is 2.43. The standard InChI is InChI=1S/C30H24Cl4N4O2/c1-18-15-28(38(21-7-3-2-4-8-21)30(40)36-20-12-14-24(32)26(34)17-20)22-9-5-6-10-27(22)37(18)29(39)35-19-11-13-23(31)25(33)16-19/h2-14,16-18,28H,15H2,1H3,(H,35,39)(H,36,40)/t18-,28-/m0/s1. The van der Waals surface area contributed by atoms with Crippen LogP contribution in [0.25, 0.3) is 0 Å². The Morgan fingerprint density at radius 1 is 0.750 bits per heavy atom. The van der Waals surface area contributed by atoms with Gasteiger partial charge in [0.25, 0.3) is 0 Å². The number of nitrogens with one attached hydrogen (secondary N) is 2. The van der Waals surface area contributed by atoms with E-state index >= 15 is 0 Å². The molecule has 0 spiro atoms. The summed E-state index contributed by atoms with van der Waals surface area (Å²) in [5, 5.41) is 7.36. The molecule has 0 fully saturated rings. The third kappa shape index (κ3) is 5.86. The fraction of sp³-hybridized carbons (Fsp3) is 0.133. The van der Waals surface area contributed by atoms with E-state index in [4.69, 9.17) is 46.4 Å². The van der Waals surface area contributed by atoms with Crippen LogP contribution in [0.3, 0.4) is 0 Å². The maximum atomic E-state index is 13.9. The van der Waals surface area contributed by atoms with Crippen molar-refractivity contribution < 1.29 is 9.59 Å². The maximum Gasteiger partial charge on any atom is 0.326 e. The van der Waals surface area contributed by atoms with Gasteiger partial charge in [0, 0.05) is 23.1 Å². The van der Waals surface area contributed by atoms with Crippen molar-refractivity contribution in [3.63, 3.8) is 0 Å². The largest absolute Gasteiger partial charge is 0.326 e. The van der Waals surface area contributed by atoms with Gasteiger partial charge in [0.05, 0.1) is 31.8 Å². The molecule has 0 unspecified atom stereocenters. The predicted octanol–water partition coefficient (Wildman–Crippen LogP) is 9.91. The van der Waals surface area contributed by atoms with E-state index in [9.17, 15) is 9.59 Å². The Bertz CT molecular complexity index is 1570. The van der Waals surface area contributed by atoms with Crippen molar-refractivity contribution in [3.8, 4) is 0 Å². The van der Waals surface area contributed by atoms with E-state index in [1.165, 1.54) is 0 Å². The van der Waals surface area contributed by atoms with Gasteiger partial charge in [0.2, 0.25) is 0 Å². The number of halogens is 4. The van der Waals surface area contributed by atoms with Crippen LogP contribution in [0.5, 0.6) is 0 Å². The van der Waals surface area contributed by atoms with Crippen molar-refractivity contribution in [2.75, 3.05) is 20.4 Å². The quantitative estimate of drug-likeness (QED) is 0.240. The van der Waals surface area contributed by atoms with Crippen LogP contribution in [0.2, 0.25) is 20.1 Å². The maximum absolute atomic E-state index is 13.9. The minimum Gasteiger partial charge on any atom is -0.307 e. The van der Waals surface area contributed by atoms with Crippen LogP contribution in [0, 0.1) is 0 Å². The number of rotatable bonds is 4. The second-order valence-electron chi connectivity index (χ2n) is 9.35. The van der Waals surface area contributed by atoms with Gasteiger partial charge in [0.15, 0.2) is 0 Å². The normalized spacial score (nSPS) is 16.2. The SMILES string of the molecule is C[C@H]1C[C@H](N(C(=O)Nc2ccc(Cl)c(Cl)c2)c2ccccc2)c2ccccc2N1C(=O)Nc1ccc(Cl)c(Cl)c1. The minimum absolute atomic E-state index is 0.258. The Labute approximate surface area is 252 Å². The van der Waals surface area contributed by atoms with Crippen molar-refractivity contribution in [3.05, 3.63) is 117 Å². The molecule has 1 heterocycles. The van der Waals surface area contributed by atoms with E-state index in [-0.39, 0.29) is 24.1 Å². The molecule has 4 aromatic carbocycles.